The van der Waals surface area contributed by atoms with Gasteiger partial charge >= 0.3 is 0 Å². The molecule has 0 fully saturated rings. The van der Waals surface area contributed by atoms with Gasteiger partial charge in [0.1, 0.15) is 13.2 Å². The number of quaternary nitrogens is 1. The van der Waals surface area contributed by atoms with Crippen LogP contribution in [0, 0.1) is 0 Å². The summed E-state index contributed by atoms with van der Waals surface area (Å²) in [6, 6.07) is -0.910. The van der Waals surface area contributed by atoms with Gasteiger partial charge in [0.15, 0.2) is 0 Å². The average Bonchev–Trinajstić information content (AvgIpc) is 3.28. The Hall–Kier alpha value is -1.54. The van der Waals surface area contributed by atoms with E-state index in [2.05, 4.69) is 55.6 Å². The van der Waals surface area contributed by atoms with Crippen molar-refractivity contribution in [1.29, 1.82) is 0 Å². The first-order valence-corrected chi connectivity index (χ1v) is 29.5. The number of amides is 1. The Bertz CT molecular complexity index is 1210. The zero-order valence-electron chi connectivity index (χ0n) is 44.1. The average molecular weight is 949 g/mol. The number of aliphatic hydroxyl groups excluding tert-OH is 1. The lowest BCUT2D eigenvalue weighted by molar-refractivity contribution is -0.870. The van der Waals surface area contributed by atoms with E-state index in [1.807, 2.05) is 27.2 Å². The van der Waals surface area contributed by atoms with Crippen LogP contribution in [-0.2, 0) is 18.4 Å². The van der Waals surface area contributed by atoms with Crippen molar-refractivity contribution in [1.82, 2.24) is 5.32 Å². The van der Waals surface area contributed by atoms with E-state index in [-0.39, 0.29) is 12.5 Å². The molecular weight excluding hydrogens is 840 g/mol. The molecule has 0 rings (SSSR count). The number of aliphatic hydroxyl groups is 1. The highest BCUT2D eigenvalue weighted by atomic mass is 31.2. The third-order valence-electron chi connectivity index (χ3n) is 12.5. The van der Waals surface area contributed by atoms with E-state index in [9.17, 15) is 19.4 Å². The molecular formula is C57H109N2O6P. The van der Waals surface area contributed by atoms with Crippen LogP contribution in [0.25, 0.3) is 0 Å². The molecule has 0 aliphatic rings. The lowest BCUT2D eigenvalue weighted by Gasteiger charge is -2.29. The van der Waals surface area contributed by atoms with Crippen LogP contribution >= 0.6 is 7.82 Å². The van der Waals surface area contributed by atoms with Gasteiger partial charge < -0.3 is 28.8 Å². The highest BCUT2D eigenvalue weighted by Crippen LogP contribution is 2.38. The molecule has 0 saturated heterocycles. The smallest absolute Gasteiger partial charge is 0.268 e. The number of rotatable bonds is 51. The van der Waals surface area contributed by atoms with Crippen molar-refractivity contribution in [2.24, 2.45) is 0 Å². The molecule has 0 aliphatic carbocycles. The quantitative estimate of drug-likeness (QED) is 0.0272. The predicted molar refractivity (Wildman–Crippen MR) is 284 cm³/mol. The largest absolute Gasteiger partial charge is 0.756 e. The van der Waals surface area contributed by atoms with Gasteiger partial charge in [-0.2, -0.15) is 0 Å². The molecule has 0 aromatic carbocycles. The summed E-state index contributed by atoms with van der Waals surface area (Å²) < 4.78 is 23.3. The van der Waals surface area contributed by atoms with Crippen LogP contribution in [0.1, 0.15) is 258 Å². The van der Waals surface area contributed by atoms with Gasteiger partial charge in [0.05, 0.1) is 39.9 Å². The van der Waals surface area contributed by atoms with Crippen molar-refractivity contribution in [3.63, 3.8) is 0 Å². The van der Waals surface area contributed by atoms with Gasteiger partial charge in [0.25, 0.3) is 7.82 Å². The summed E-state index contributed by atoms with van der Waals surface area (Å²) in [5, 5.41) is 13.8. The van der Waals surface area contributed by atoms with E-state index >= 15 is 0 Å². The molecule has 1 amide bonds. The molecule has 8 nitrogen and oxygen atoms in total. The molecule has 388 valence electrons. The molecule has 3 atom stereocenters. The van der Waals surface area contributed by atoms with Crippen molar-refractivity contribution >= 4 is 13.7 Å². The third kappa shape index (κ3) is 50.3. The van der Waals surface area contributed by atoms with Crippen LogP contribution in [-0.4, -0.2) is 68.5 Å². The number of phosphoric acid groups is 1. The SMILES string of the molecule is CCCCCCCC/C=C/CC/C=C/CC/C=C/C(O)C(COP(=O)([O-])OCC[N+](C)(C)C)NC(=O)CCCCCCCCCCCCCC/C=C\CCCCCCCCCCCCCC. The Balaban J connectivity index is 4.19. The highest BCUT2D eigenvalue weighted by molar-refractivity contribution is 7.45. The molecule has 3 unspecified atom stereocenters. The molecule has 0 radical (unpaired) electrons. The Morgan fingerprint density at radius 2 is 0.848 bits per heavy atom. The highest BCUT2D eigenvalue weighted by Gasteiger charge is 2.23. The second-order valence-electron chi connectivity index (χ2n) is 20.3. The number of nitrogens with zero attached hydrogens (tertiary/aromatic N) is 1. The van der Waals surface area contributed by atoms with Gasteiger partial charge in [0, 0.05) is 6.42 Å². The van der Waals surface area contributed by atoms with Gasteiger partial charge in [-0.3, -0.25) is 9.36 Å². The summed E-state index contributed by atoms with van der Waals surface area (Å²) in [6.45, 7) is 4.63. The molecule has 0 aromatic heterocycles. The maximum atomic E-state index is 12.9. The lowest BCUT2D eigenvalue weighted by atomic mass is 10.0. The Morgan fingerprint density at radius 1 is 0.515 bits per heavy atom. The van der Waals surface area contributed by atoms with Crippen LogP contribution in [0.2, 0.25) is 0 Å². The van der Waals surface area contributed by atoms with E-state index in [1.54, 1.807) is 6.08 Å². The molecule has 0 spiro atoms. The van der Waals surface area contributed by atoms with Crippen molar-refractivity contribution in [2.75, 3.05) is 40.9 Å². The molecule has 0 aliphatic heterocycles. The van der Waals surface area contributed by atoms with Crippen molar-refractivity contribution in [2.45, 2.75) is 270 Å². The first kappa shape index (κ1) is 64.5. The fourth-order valence-corrected chi connectivity index (χ4v) is 8.79. The number of hydrogen-bond donors (Lipinski definition) is 2. The van der Waals surface area contributed by atoms with Gasteiger partial charge in [0.2, 0.25) is 5.91 Å². The number of hydrogen-bond acceptors (Lipinski definition) is 6. The summed E-state index contributed by atoms with van der Waals surface area (Å²) in [5.74, 6) is -0.211. The minimum absolute atomic E-state index is 0.00934. The second kappa shape index (κ2) is 48.5. The van der Waals surface area contributed by atoms with Crippen molar-refractivity contribution in [3.05, 3.63) is 48.6 Å². The fourth-order valence-electron chi connectivity index (χ4n) is 8.06. The second-order valence-corrected chi connectivity index (χ2v) is 21.7. The van der Waals surface area contributed by atoms with Gasteiger partial charge in [-0.25, -0.2) is 0 Å². The zero-order chi connectivity index (χ0) is 48.5. The van der Waals surface area contributed by atoms with Gasteiger partial charge in [-0.1, -0.05) is 229 Å². The number of allylic oxidation sites excluding steroid dienone is 7. The monoisotopic (exact) mass is 949 g/mol. The first-order valence-electron chi connectivity index (χ1n) is 28.0. The van der Waals surface area contributed by atoms with Crippen LogP contribution in [0.3, 0.4) is 0 Å². The standard InChI is InChI=1S/C57H109N2O6P/c1-6-8-10-12-14-16-18-20-22-24-25-26-27-28-29-30-31-32-33-34-35-37-39-41-43-45-47-49-51-57(61)58-55(54-65-66(62,63)64-53-52-59(3,4)5)56(60)50-48-46-44-42-40-38-36-23-21-19-17-15-13-11-9-7-2/h21,23,28-29,40,42,48,50,55-56,60H,6-20,22,24-27,30-39,41,43-47,49,51-54H2,1-5H3,(H-,58,61,62,63)/b23-21+,29-28-,42-40+,50-48+. The number of likely N-dealkylation sites (N-methyl/N-ethyl adjacent to an activating group) is 1. The number of carbonyl (C=O) groups is 1. The minimum atomic E-state index is -4.61. The van der Waals surface area contributed by atoms with Gasteiger partial charge in [-0.05, 0) is 70.6 Å². The molecule has 0 saturated carbocycles. The summed E-state index contributed by atoms with van der Waals surface area (Å²) in [5.41, 5.74) is 0. The summed E-state index contributed by atoms with van der Waals surface area (Å²) in [7, 11) is 1.24. The maximum Gasteiger partial charge on any atom is 0.268 e. The fraction of sp³-hybridized carbons (Fsp3) is 0.842. The maximum absolute atomic E-state index is 12.9. The molecule has 66 heavy (non-hydrogen) atoms. The Morgan fingerprint density at radius 3 is 1.23 bits per heavy atom. The number of phosphoric ester groups is 1. The van der Waals surface area contributed by atoms with E-state index in [0.717, 1.165) is 44.9 Å². The van der Waals surface area contributed by atoms with E-state index in [0.29, 0.717) is 17.4 Å². The van der Waals surface area contributed by atoms with Crippen LogP contribution in [0.15, 0.2) is 48.6 Å². The third-order valence-corrected chi connectivity index (χ3v) is 13.5. The van der Waals surface area contributed by atoms with Gasteiger partial charge in [-0.15, -0.1) is 0 Å². The zero-order valence-corrected chi connectivity index (χ0v) is 45.0. The van der Waals surface area contributed by atoms with Crippen molar-refractivity contribution < 1.29 is 32.9 Å². The molecule has 0 bridgehead atoms. The van der Waals surface area contributed by atoms with Crippen LogP contribution in [0.4, 0.5) is 0 Å². The normalized spacial score (nSPS) is 14.3. The molecule has 2 N–H and O–H groups in total. The van der Waals surface area contributed by atoms with Crippen LogP contribution in [0.5, 0.6) is 0 Å². The summed E-state index contributed by atoms with van der Waals surface area (Å²) in [6.07, 6.45) is 63.4. The Kier molecular flexibility index (Phi) is 47.4. The molecule has 0 heterocycles. The topological polar surface area (TPSA) is 108 Å². The number of unbranched alkanes of at least 4 members (excludes halogenated alkanes) is 32. The van der Waals surface area contributed by atoms with E-state index in [4.69, 9.17) is 9.05 Å². The van der Waals surface area contributed by atoms with E-state index < -0.39 is 26.6 Å². The predicted octanol–water partition coefficient (Wildman–Crippen LogP) is 16.1. The number of carbonyl (C=O) groups excluding carboxylic acids is 1. The van der Waals surface area contributed by atoms with Crippen molar-refractivity contribution in [3.8, 4) is 0 Å². The summed E-state index contributed by atoms with van der Waals surface area (Å²) >= 11 is 0. The molecule has 0 aromatic rings. The number of nitrogens with one attached hydrogen (secondary N) is 1. The minimum Gasteiger partial charge on any atom is -0.756 e. The molecule has 9 heteroatoms. The van der Waals surface area contributed by atoms with E-state index in [1.165, 1.54) is 193 Å². The summed E-state index contributed by atoms with van der Waals surface area (Å²) in [4.78, 5) is 25.4. The lowest BCUT2D eigenvalue weighted by Crippen LogP contribution is -2.45. The first-order chi connectivity index (χ1) is 32.0. The van der Waals surface area contributed by atoms with Crippen LogP contribution < -0.4 is 10.2 Å². The Labute approximate surface area is 409 Å².